The summed E-state index contributed by atoms with van der Waals surface area (Å²) in [7, 11) is 1.71. The molecule has 1 atom stereocenters. The topological polar surface area (TPSA) is 52.6 Å². The molecule has 3 aromatic rings. The molecule has 2 aromatic carbocycles. The minimum Gasteiger partial charge on any atom is -0.365 e. The lowest BCUT2D eigenvalue weighted by Crippen LogP contribution is -2.44. The van der Waals surface area contributed by atoms with Crippen molar-refractivity contribution in [3.8, 4) is 0 Å². The molecule has 8 heteroatoms. The summed E-state index contributed by atoms with van der Waals surface area (Å²) in [5, 5.41) is 7.76. The van der Waals surface area contributed by atoms with Crippen LogP contribution < -0.4 is 15.5 Å². The lowest BCUT2D eigenvalue weighted by molar-refractivity contribution is 0.576. The van der Waals surface area contributed by atoms with Crippen LogP contribution in [-0.4, -0.2) is 37.1 Å². The summed E-state index contributed by atoms with van der Waals surface area (Å²) in [5.74, 6) is -0.410. The second-order valence-electron chi connectivity index (χ2n) is 7.06. The van der Waals surface area contributed by atoms with Crippen LogP contribution in [0.5, 0.6) is 0 Å². The second-order valence-corrected chi connectivity index (χ2v) is 7.06. The summed E-state index contributed by atoms with van der Waals surface area (Å²) in [4.78, 5) is 10.5. The fraction of sp³-hybridized carbons (Fsp3) is 0.273. The molecule has 0 spiro atoms. The Kier molecular flexibility index (Phi) is 7.41. The Morgan fingerprint density at radius 2 is 1.87 bits per heavy atom. The van der Waals surface area contributed by atoms with E-state index < -0.39 is 11.6 Å². The second kappa shape index (κ2) is 10.0. The van der Waals surface area contributed by atoms with Gasteiger partial charge >= 0.3 is 0 Å². The fourth-order valence-electron chi connectivity index (χ4n) is 3.75. The number of hydrogen-bond acceptors (Lipinski definition) is 3. The SMILES string of the molecule is CN=C(NCc1cccc2cccnc12)NC1CCN(c2c(F)cccc2F)C1.I. The Morgan fingerprint density at radius 1 is 1.13 bits per heavy atom. The van der Waals surface area contributed by atoms with E-state index in [4.69, 9.17) is 0 Å². The lowest BCUT2D eigenvalue weighted by Gasteiger charge is -2.21. The van der Waals surface area contributed by atoms with Crippen LogP contribution in [0.3, 0.4) is 0 Å². The molecular weight excluding hydrogens is 499 g/mol. The van der Waals surface area contributed by atoms with Gasteiger partial charge in [-0.2, -0.15) is 0 Å². The predicted octanol–water partition coefficient (Wildman–Crippen LogP) is 4.07. The number of para-hydroxylation sites is 2. The quantitative estimate of drug-likeness (QED) is 0.308. The molecule has 2 N–H and O–H groups in total. The summed E-state index contributed by atoms with van der Waals surface area (Å²) < 4.78 is 28.1. The zero-order valence-electron chi connectivity index (χ0n) is 16.6. The number of nitrogens with one attached hydrogen (secondary N) is 2. The number of hydrogen-bond donors (Lipinski definition) is 2. The summed E-state index contributed by atoms with van der Waals surface area (Å²) in [6.07, 6.45) is 2.55. The maximum Gasteiger partial charge on any atom is 0.191 e. The number of fused-ring (bicyclic) bond motifs is 1. The largest absolute Gasteiger partial charge is 0.365 e. The van der Waals surface area contributed by atoms with E-state index in [0.717, 1.165) is 22.9 Å². The standard InChI is InChI=1S/C22H23F2N5.HI/c1-25-22(27-13-16-6-2-5-15-7-4-11-26-20(15)16)28-17-10-12-29(14-17)21-18(23)8-3-9-19(21)24;/h2-9,11,17H,10,12-14H2,1H3,(H2,25,27,28);1H. The van der Waals surface area contributed by atoms with Gasteiger partial charge in [-0.05, 0) is 30.2 Å². The minimum absolute atomic E-state index is 0. The lowest BCUT2D eigenvalue weighted by atomic mass is 10.1. The Hall–Kier alpha value is -2.49. The van der Waals surface area contributed by atoms with E-state index in [1.807, 2.05) is 30.3 Å². The molecule has 0 radical (unpaired) electrons. The molecular formula is C22H24F2IN5. The van der Waals surface area contributed by atoms with Crippen molar-refractivity contribution >= 4 is 46.5 Å². The first-order chi connectivity index (χ1) is 14.2. The van der Waals surface area contributed by atoms with Crippen LogP contribution in [0.1, 0.15) is 12.0 Å². The Labute approximate surface area is 191 Å². The summed E-state index contributed by atoms with van der Waals surface area (Å²) in [6, 6.07) is 14.0. The average molecular weight is 523 g/mol. The first-order valence-corrected chi connectivity index (χ1v) is 9.64. The van der Waals surface area contributed by atoms with Gasteiger partial charge in [0.15, 0.2) is 5.96 Å². The highest BCUT2D eigenvalue weighted by Gasteiger charge is 2.27. The number of aliphatic imine (C=N–C) groups is 1. The maximum atomic E-state index is 14.1. The van der Waals surface area contributed by atoms with E-state index in [0.29, 0.717) is 25.6 Å². The molecule has 0 saturated carbocycles. The van der Waals surface area contributed by atoms with E-state index in [1.54, 1.807) is 18.1 Å². The molecule has 1 aliphatic heterocycles. The molecule has 2 heterocycles. The fourth-order valence-corrected chi connectivity index (χ4v) is 3.75. The predicted molar refractivity (Wildman–Crippen MR) is 127 cm³/mol. The van der Waals surface area contributed by atoms with Gasteiger partial charge in [0.25, 0.3) is 0 Å². The van der Waals surface area contributed by atoms with Crippen molar-refractivity contribution in [3.63, 3.8) is 0 Å². The van der Waals surface area contributed by atoms with E-state index >= 15 is 0 Å². The molecule has 0 amide bonds. The number of halogens is 3. The monoisotopic (exact) mass is 523 g/mol. The smallest absolute Gasteiger partial charge is 0.191 e. The Morgan fingerprint density at radius 3 is 2.63 bits per heavy atom. The molecule has 1 aromatic heterocycles. The van der Waals surface area contributed by atoms with Gasteiger partial charge in [0, 0.05) is 44.3 Å². The normalized spacial score (nSPS) is 16.4. The first-order valence-electron chi connectivity index (χ1n) is 9.64. The zero-order valence-corrected chi connectivity index (χ0v) is 18.9. The zero-order chi connectivity index (χ0) is 20.2. The van der Waals surface area contributed by atoms with Crippen molar-refractivity contribution in [3.05, 3.63) is 71.9 Å². The van der Waals surface area contributed by atoms with Gasteiger partial charge < -0.3 is 15.5 Å². The van der Waals surface area contributed by atoms with E-state index in [2.05, 4.69) is 20.6 Å². The highest BCUT2D eigenvalue weighted by molar-refractivity contribution is 14.0. The third kappa shape index (κ3) is 4.80. The van der Waals surface area contributed by atoms with E-state index in [1.165, 1.54) is 18.2 Å². The van der Waals surface area contributed by atoms with Gasteiger partial charge in [-0.1, -0.05) is 30.3 Å². The molecule has 1 aliphatic rings. The molecule has 5 nitrogen and oxygen atoms in total. The van der Waals surface area contributed by atoms with Gasteiger partial charge in [-0.3, -0.25) is 9.98 Å². The first kappa shape index (κ1) is 22.2. The van der Waals surface area contributed by atoms with Crippen LogP contribution in [0, 0.1) is 11.6 Å². The molecule has 0 aliphatic carbocycles. The number of guanidine groups is 1. The van der Waals surface area contributed by atoms with Gasteiger partial charge in [0.05, 0.1) is 5.52 Å². The summed E-state index contributed by atoms with van der Waals surface area (Å²) in [6.45, 7) is 1.67. The van der Waals surface area contributed by atoms with E-state index in [-0.39, 0.29) is 35.7 Å². The summed E-state index contributed by atoms with van der Waals surface area (Å²) >= 11 is 0. The molecule has 1 saturated heterocycles. The van der Waals surface area contributed by atoms with Crippen LogP contribution in [0.2, 0.25) is 0 Å². The molecule has 4 rings (SSSR count). The van der Waals surface area contributed by atoms with Gasteiger partial charge in [0.2, 0.25) is 0 Å². The number of nitrogens with zero attached hydrogens (tertiary/aromatic N) is 3. The number of aromatic nitrogens is 1. The van der Waals surface area contributed by atoms with E-state index in [9.17, 15) is 8.78 Å². The van der Waals surface area contributed by atoms with Crippen molar-refractivity contribution in [2.24, 2.45) is 4.99 Å². The van der Waals surface area contributed by atoms with Crippen LogP contribution in [0.25, 0.3) is 10.9 Å². The van der Waals surface area contributed by atoms with Crippen molar-refractivity contribution in [2.75, 3.05) is 25.0 Å². The molecule has 1 fully saturated rings. The summed E-state index contributed by atoms with van der Waals surface area (Å²) in [5.41, 5.74) is 2.08. The third-order valence-corrected chi connectivity index (χ3v) is 5.17. The maximum absolute atomic E-state index is 14.1. The molecule has 1 unspecified atom stereocenters. The van der Waals surface area contributed by atoms with Gasteiger partial charge in [-0.15, -0.1) is 24.0 Å². The van der Waals surface area contributed by atoms with Gasteiger partial charge in [-0.25, -0.2) is 8.78 Å². The highest BCUT2D eigenvalue weighted by Crippen LogP contribution is 2.26. The third-order valence-electron chi connectivity index (χ3n) is 5.17. The molecule has 30 heavy (non-hydrogen) atoms. The molecule has 0 bridgehead atoms. The Balaban J connectivity index is 0.00000256. The van der Waals surface area contributed by atoms with Crippen LogP contribution in [0.4, 0.5) is 14.5 Å². The van der Waals surface area contributed by atoms with Crippen molar-refractivity contribution in [1.82, 2.24) is 15.6 Å². The average Bonchev–Trinajstić information content (AvgIpc) is 3.19. The number of rotatable bonds is 4. The highest BCUT2D eigenvalue weighted by atomic mass is 127. The minimum atomic E-state index is -0.531. The molecule has 158 valence electrons. The van der Waals surface area contributed by atoms with Crippen LogP contribution >= 0.6 is 24.0 Å². The number of benzene rings is 2. The van der Waals surface area contributed by atoms with Crippen molar-refractivity contribution in [1.29, 1.82) is 0 Å². The van der Waals surface area contributed by atoms with Crippen molar-refractivity contribution in [2.45, 2.75) is 19.0 Å². The van der Waals surface area contributed by atoms with Gasteiger partial charge in [0.1, 0.15) is 17.3 Å². The Bertz CT molecular complexity index is 1020. The van der Waals surface area contributed by atoms with Crippen molar-refractivity contribution < 1.29 is 8.78 Å². The number of anilines is 1. The van der Waals surface area contributed by atoms with Crippen LogP contribution in [-0.2, 0) is 6.54 Å². The van der Waals surface area contributed by atoms with Crippen LogP contribution in [0.15, 0.2) is 59.7 Å². The number of pyridine rings is 1.